The highest BCUT2D eigenvalue weighted by Crippen LogP contribution is 2.48. The fourth-order valence-corrected chi connectivity index (χ4v) is 2.03. The predicted molar refractivity (Wildman–Crippen MR) is 65.5 cm³/mol. The number of hydrogen-bond donors (Lipinski definition) is 2. The maximum absolute atomic E-state index is 8.98. The number of aromatic nitrogens is 1. The van der Waals surface area contributed by atoms with Crippen LogP contribution in [0.15, 0.2) is 12.1 Å². The average molecular weight is 231 g/mol. The molecule has 90 valence electrons. The Hall–Kier alpha value is -1.60. The normalized spacial score (nSPS) is 16.3. The molecule has 0 bridgehead atoms. The Balaban J connectivity index is 2.00. The van der Waals surface area contributed by atoms with Gasteiger partial charge in [-0.15, -0.1) is 0 Å². The molecule has 1 heterocycles. The summed E-state index contributed by atoms with van der Waals surface area (Å²) in [6.07, 6.45) is 3.17. The summed E-state index contributed by atoms with van der Waals surface area (Å²) in [6.45, 7) is 2.95. The van der Waals surface area contributed by atoms with E-state index in [1.54, 1.807) is 12.1 Å². The molecule has 1 aromatic heterocycles. The van der Waals surface area contributed by atoms with E-state index in [-0.39, 0.29) is 12.0 Å². The van der Waals surface area contributed by atoms with Crippen molar-refractivity contribution in [2.45, 2.75) is 26.2 Å². The molecule has 1 aliphatic carbocycles. The number of nitriles is 1. The highest BCUT2D eigenvalue weighted by atomic mass is 16.3. The Morgan fingerprint density at radius 1 is 1.53 bits per heavy atom. The van der Waals surface area contributed by atoms with Crippen LogP contribution in [0.1, 0.15) is 30.5 Å². The smallest absolute Gasteiger partial charge is 0.127 e. The van der Waals surface area contributed by atoms with E-state index in [0.29, 0.717) is 5.56 Å². The number of aliphatic hydroxyl groups is 1. The topological polar surface area (TPSA) is 68.9 Å². The highest BCUT2D eigenvalue weighted by Gasteiger charge is 2.41. The minimum absolute atomic E-state index is 0.242. The first-order valence-corrected chi connectivity index (χ1v) is 5.91. The summed E-state index contributed by atoms with van der Waals surface area (Å²) in [4.78, 5) is 4.35. The third kappa shape index (κ3) is 2.95. The van der Waals surface area contributed by atoms with Crippen LogP contribution in [-0.4, -0.2) is 23.2 Å². The predicted octanol–water partition coefficient (Wildman–Crippen LogP) is 1.84. The zero-order valence-electron chi connectivity index (χ0n) is 10.0. The van der Waals surface area contributed by atoms with Crippen molar-refractivity contribution in [3.05, 3.63) is 23.4 Å². The van der Waals surface area contributed by atoms with Gasteiger partial charge < -0.3 is 10.4 Å². The molecule has 0 aliphatic heterocycles. The number of nitrogens with one attached hydrogen (secondary N) is 1. The van der Waals surface area contributed by atoms with Crippen molar-refractivity contribution >= 4 is 5.82 Å². The van der Waals surface area contributed by atoms with Gasteiger partial charge in [0.1, 0.15) is 5.82 Å². The largest absolute Gasteiger partial charge is 0.396 e. The zero-order valence-corrected chi connectivity index (χ0v) is 10.0. The van der Waals surface area contributed by atoms with Gasteiger partial charge in [-0.05, 0) is 43.7 Å². The van der Waals surface area contributed by atoms with Gasteiger partial charge in [0, 0.05) is 18.8 Å². The van der Waals surface area contributed by atoms with Gasteiger partial charge in [0.25, 0.3) is 0 Å². The summed E-state index contributed by atoms with van der Waals surface area (Å²) >= 11 is 0. The van der Waals surface area contributed by atoms with Crippen LogP contribution in [0.25, 0.3) is 0 Å². The van der Waals surface area contributed by atoms with Gasteiger partial charge in [0.05, 0.1) is 11.6 Å². The molecule has 4 nitrogen and oxygen atoms in total. The van der Waals surface area contributed by atoms with E-state index in [0.717, 1.165) is 37.3 Å². The third-order valence-electron chi connectivity index (χ3n) is 3.33. The second-order valence-electron chi connectivity index (χ2n) is 4.82. The first-order valence-electron chi connectivity index (χ1n) is 5.91. The summed E-state index contributed by atoms with van der Waals surface area (Å²) in [7, 11) is 0. The van der Waals surface area contributed by atoms with Crippen molar-refractivity contribution in [2.75, 3.05) is 18.5 Å². The molecule has 0 amide bonds. The molecule has 0 spiro atoms. The molecule has 2 N–H and O–H groups in total. The quantitative estimate of drug-likeness (QED) is 0.811. The fraction of sp³-hybridized carbons (Fsp3) is 0.538. The van der Waals surface area contributed by atoms with Crippen LogP contribution in [-0.2, 0) is 0 Å². The molecule has 0 aromatic carbocycles. The van der Waals surface area contributed by atoms with E-state index in [1.807, 2.05) is 6.92 Å². The van der Waals surface area contributed by atoms with Crippen LogP contribution < -0.4 is 5.32 Å². The Labute approximate surface area is 101 Å². The number of aryl methyl sites for hydroxylation is 1. The Morgan fingerprint density at radius 3 is 2.88 bits per heavy atom. The minimum Gasteiger partial charge on any atom is -0.396 e. The first-order chi connectivity index (χ1) is 8.17. The molecular formula is C13H17N3O. The summed E-state index contributed by atoms with van der Waals surface area (Å²) in [5.41, 5.74) is 1.73. The number of hydrogen-bond acceptors (Lipinski definition) is 4. The van der Waals surface area contributed by atoms with E-state index < -0.39 is 0 Å². The van der Waals surface area contributed by atoms with Gasteiger partial charge in [-0.1, -0.05) is 0 Å². The second kappa shape index (κ2) is 4.72. The lowest BCUT2D eigenvalue weighted by atomic mass is 10.0. The fourth-order valence-electron chi connectivity index (χ4n) is 2.03. The molecule has 1 aromatic rings. The van der Waals surface area contributed by atoms with Gasteiger partial charge in [-0.3, -0.25) is 0 Å². The van der Waals surface area contributed by atoms with Gasteiger partial charge in [-0.2, -0.15) is 5.26 Å². The van der Waals surface area contributed by atoms with E-state index in [2.05, 4.69) is 16.4 Å². The Kier molecular flexibility index (Phi) is 3.30. The number of nitrogens with zero attached hydrogens (tertiary/aromatic N) is 2. The Morgan fingerprint density at radius 2 is 2.29 bits per heavy atom. The number of aliphatic hydroxyl groups excluding tert-OH is 1. The van der Waals surface area contributed by atoms with Crippen LogP contribution in [0, 0.1) is 23.7 Å². The maximum Gasteiger partial charge on any atom is 0.127 e. The summed E-state index contributed by atoms with van der Waals surface area (Å²) in [6, 6.07) is 5.66. The molecule has 4 heteroatoms. The van der Waals surface area contributed by atoms with Crippen LogP contribution >= 0.6 is 0 Å². The van der Waals surface area contributed by atoms with Crippen molar-refractivity contribution in [3.63, 3.8) is 0 Å². The van der Waals surface area contributed by atoms with Crippen LogP contribution in [0.4, 0.5) is 5.82 Å². The van der Waals surface area contributed by atoms with Gasteiger partial charge in [0.15, 0.2) is 0 Å². The highest BCUT2D eigenvalue weighted by molar-refractivity contribution is 5.44. The maximum atomic E-state index is 8.98. The van der Waals surface area contributed by atoms with Crippen molar-refractivity contribution in [3.8, 4) is 6.07 Å². The summed E-state index contributed by atoms with van der Waals surface area (Å²) in [5.74, 6) is 0.755. The molecule has 1 fully saturated rings. The molecule has 17 heavy (non-hydrogen) atoms. The van der Waals surface area contributed by atoms with E-state index in [4.69, 9.17) is 10.4 Å². The van der Waals surface area contributed by atoms with E-state index in [9.17, 15) is 0 Å². The average Bonchev–Trinajstić information content (AvgIpc) is 3.07. The van der Waals surface area contributed by atoms with Crippen molar-refractivity contribution in [2.24, 2.45) is 5.41 Å². The molecule has 1 aliphatic rings. The standard InChI is InChI=1S/C13H17N3O/c1-10-6-11(8-14)7-12(16-10)15-9-13(2-3-13)4-5-17/h6-7,17H,2-5,9H2,1H3,(H,15,16). The number of anilines is 1. The molecule has 2 rings (SSSR count). The van der Waals surface area contributed by atoms with Crippen molar-refractivity contribution in [1.82, 2.24) is 4.98 Å². The molecule has 1 saturated carbocycles. The lowest BCUT2D eigenvalue weighted by molar-refractivity contribution is 0.253. The van der Waals surface area contributed by atoms with Crippen molar-refractivity contribution in [1.29, 1.82) is 5.26 Å². The lowest BCUT2D eigenvalue weighted by Crippen LogP contribution is -2.17. The lowest BCUT2D eigenvalue weighted by Gasteiger charge is -2.15. The number of pyridine rings is 1. The van der Waals surface area contributed by atoms with Gasteiger partial charge >= 0.3 is 0 Å². The Bertz CT molecular complexity index is 446. The van der Waals surface area contributed by atoms with Gasteiger partial charge in [0.2, 0.25) is 0 Å². The van der Waals surface area contributed by atoms with Crippen LogP contribution in [0.2, 0.25) is 0 Å². The van der Waals surface area contributed by atoms with E-state index in [1.165, 1.54) is 0 Å². The minimum atomic E-state index is 0.242. The zero-order chi connectivity index (χ0) is 12.3. The molecular weight excluding hydrogens is 214 g/mol. The van der Waals surface area contributed by atoms with E-state index >= 15 is 0 Å². The third-order valence-corrected chi connectivity index (χ3v) is 3.33. The molecule has 0 saturated heterocycles. The number of rotatable bonds is 5. The second-order valence-corrected chi connectivity index (χ2v) is 4.82. The summed E-state index contributed by atoms with van der Waals surface area (Å²) < 4.78 is 0. The molecule has 0 atom stereocenters. The summed E-state index contributed by atoms with van der Waals surface area (Å²) in [5, 5.41) is 21.1. The van der Waals surface area contributed by atoms with Crippen molar-refractivity contribution < 1.29 is 5.11 Å². The molecule has 0 unspecified atom stereocenters. The van der Waals surface area contributed by atoms with Crippen LogP contribution in [0.5, 0.6) is 0 Å². The molecule has 0 radical (unpaired) electrons. The van der Waals surface area contributed by atoms with Gasteiger partial charge in [-0.25, -0.2) is 4.98 Å². The van der Waals surface area contributed by atoms with Crippen LogP contribution in [0.3, 0.4) is 0 Å². The SMILES string of the molecule is Cc1cc(C#N)cc(NCC2(CCO)CC2)n1. The monoisotopic (exact) mass is 231 g/mol. The first kappa shape index (κ1) is 11.9.